The molecule has 1 amide bonds. The number of carbonyl (C=O) groups excluding carboxylic acids is 2. The fourth-order valence-electron chi connectivity index (χ4n) is 5.27. The highest BCUT2D eigenvalue weighted by molar-refractivity contribution is 5.72. The van der Waals surface area contributed by atoms with Crippen molar-refractivity contribution in [1.82, 2.24) is 24.9 Å². The number of esters is 1. The van der Waals surface area contributed by atoms with Gasteiger partial charge in [0.1, 0.15) is 17.1 Å². The van der Waals surface area contributed by atoms with E-state index in [2.05, 4.69) is 10.3 Å². The van der Waals surface area contributed by atoms with E-state index in [0.29, 0.717) is 29.5 Å². The zero-order valence-corrected chi connectivity index (χ0v) is 22.5. The molecule has 0 saturated heterocycles. The molecule has 11 heteroatoms. The highest BCUT2D eigenvalue weighted by Gasteiger charge is 2.36. The number of aliphatic hydroxyl groups excluding tert-OH is 1. The number of amides is 1. The summed E-state index contributed by atoms with van der Waals surface area (Å²) >= 11 is 0. The summed E-state index contributed by atoms with van der Waals surface area (Å²) in [4.78, 5) is 31.1. The van der Waals surface area contributed by atoms with Crippen LogP contribution in [0, 0.1) is 11.8 Å². The van der Waals surface area contributed by atoms with Gasteiger partial charge in [0.15, 0.2) is 0 Å². The van der Waals surface area contributed by atoms with E-state index in [1.165, 1.54) is 16.7 Å². The van der Waals surface area contributed by atoms with Crippen molar-refractivity contribution in [2.24, 2.45) is 18.9 Å². The van der Waals surface area contributed by atoms with Crippen LogP contribution >= 0.6 is 0 Å². The van der Waals surface area contributed by atoms with Gasteiger partial charge in [-0.05, 0) is 76.3 Å². The molecule has 11 nitrogen and oxygen atoms in total. The van der Waals surface area contributed by atoms with Gasteiger partial charge in [-0.2, -0.15) is 0 Å². The lowest BCUT2D eigenvalue weighted by Gasteiger charge is -2.28. The van der Waals surface area contributed by atoms with Crippen LogP contribution in [0.25, 0.3) is 11.4 Å². The van der Waals surface area contributed by atoms with Gasteiger partial charge in [-0.25, -0.2) is 14.5 Å². The van der Waals surface area contributed by atoms with Gasteiger partial charge in [0.2, 0.25) is 6.29 Å². The summed E-state index contributed by atoms with van der Waals surface area (Å²) in [5, 5.41) is 19.2. The topological polar surface area (TPSA) is 129 Å². The molecule has 206 valence electrons. The maximum atomic E-state index is 12.7. The van der Waals surface area contributed by atoms with Crippen LogP contribution < -0.4 is 4.74 Å². The second-order valence-electron chi connectivity index (χ2n) is 10.9. The third kappa shape index (κ3) is 5.62. The van der Waals surface area contributed by atoms with E-state index >= 15 is 0 Å². The predicted octanol–water partition coefficient (Wildman–Crippen LogP) is 3.72. The van der Waals surface area contributed by atoms with E-state index in [4.69, 9.17) is 19.2 Å². The molecule has 38 heavy (non-hydrogen) atoms. The Labute approximate surface area is 222 Å². The first kappa shape index (κ1) is 26.4. The third-order valence-electron chi connectivity index (χ3n) is 8.07. The molecule has 4 atom stereocenters. The molecule has 0 radical (unpaired) electrons. The van der Waals surface area contributed by atoms with Crippen LogP contribution in [0.3, 0.4) is 0 Å². The summed E-state index contributed by atoms with van der Waals surface area (Å²) in [6, 6.07) is 3.70. The minimum absolute atomic E-state index is 0.0428. The normalized spacial score (nSPS) is 22.9. The number of ether oxygens (including phenoxy) is 3. The molecule has 3 aliphatic rings. The largest absolute Gasteiger partial charge is 0.488 e. The summed E-state index contributed by atoms with van der Waals surface area (Å²) in [7, 11) is 4.74. The molecule has 3 fully saturated rings. The molecule has 5 rings (SSSR count). The van der Waals surface area contributed by atoms with Crippen molar-refractivity contribution in [3.63, 3.8) is 0 Å². The van der Waals surface area contributed by atoms with Gasteiger partial charge in [-0.3, -0.25) is 4.79 Å². The molecule has 3 saturated carbocycles. The minimum atomic E-state index is -1.55. The molecular weight excluding hydrogens is 490 g/mol. The Kier molecular flexibility index (Phi) is 7.56. The highest BCUT2D eigenvalue weighted by Crippen LogP contribution is 2.45. The molecule has 1 N–H and O–H groups in total. The predicted molar refractivity (Wildman–Crippen MR) is 136 cm³/mol. The Morgan fingerprint density at radius 2 is 1.92 bits per heavy atom. The van der Waals surface area contributed by atoms with Crippen LogP contribution in [0.5, 0.6) is 5.75 Å². The van der Waals surface area contributed by atoms with Gasteiger partial charge in [-0.1, -0.05) is 5.21 Å². The number of hydrogen-bond acceptors (Lipinski definition) is 9. The minimum Gasteiger partial charge on any atom is -0.488 e. The summed E-state index contributed by atoms with van der Waals surface area (Å²) in [5.41, 5.74) is 1.96. The Hall–Kier alpha value is -3.21. The molecule has 3 aliphatic carbocycles. The first-order valence-corrected chi connectivity index (χ1v) is 13.5. The van der Waals surface area contributed by atoms with Crippen LogP contribution in [-0.4, -0.2) is 68.4 Å². The lowest BCUT2D eigenvalue weighted by Crippen LogP contribution is -2.37. The second-order valence-corrected chi connectivity index (χ2v) is 10.9. The van der Waals surface area contributed by atoms with Crippen molar-refractivity contribution >= 4 is 12.1 Å². The molecule has 2 aromatic heterocycles. The fraction of sp³-hybridized carbons (Fsp3) is 0.667. The first-order chi connectivity index (χ1) is 18.3. The van der Waals surface area contributed by atoms with Gasteiger partial charge in [0, 0.05) is 26.1 Å². The maximum absolute atomic E-state index is 12.7. The summed E-state index contributed by atoms with van der Waals surface area (Å²) in [6.45, 7) is 1.98. The number of carbonyl (C=O) groups is 2. The average molecular weight is 528 g/mol. The van der Waals surface area contributed by atoms with E-state index in [0.717, 1.165) is 50.6 Å². The quantitative estimate of drug-likeness (QED) is 0.383. The highest BCUT2D eigenvalue weighted by atomic mass is 16.6. The smallest absolute Gasteiger partial charge is 0.412 e. The van der Waals surface area contributed by atoms with Gasteiger partial charge >= 0.3 is 12.1 Å². The van der Waals surface area contributed by atoms with Crippen LogP contribution in [0.4, 0.5) is 4.79 Å². The molecule has 2 heterocycles. The fourth-order valence-corrected chi connectivity index (χ4v) is 5.27. The van der Waals surface area contributed by atoms with Crippen molar-refractivity contribution in [3.05, 3.63) is 23.5 Å². The van der Waals surface area contributed by atoms with Crippen LogP contribution in [0.2, 0.25) is 0 Å². The second kappa shape index (κ2) is 10.9. The maximum Gasteiger partial charge on any atom is 0.412 e. The zero-order valence-electron chi connectivity index (χ0n) is 22.5. The van der Waals surface area contributed by atoms with Crippen LogP contribution in [-0.2, 0) is 21.3 Å². The van der Waals surface area contributed by atoms with Crippen molar-refractivity contribution in [3.8, 4) is 17.1 Å². The first-order valence-electron chi connectivity index (χ1n) is 13.5. The number of aryl methyl sites for hydroxylation is 1. The van der Waals surface area contributed by atoms with Crippen LogP contribution in [0.1, 0.15) is 81.9 Å². The molecule has 1 unspecified atom stereocenters. The third-order valence-corrected chi connectivity index (χ3v) is 8.07. The number of aromatic nitrogens is 4. The van der Waals surface area contributed by atoms with Gasteiger partial charge in [0.05, 0.1) is 30.5 Å². The van der Waals surface area contributed by atoms with E-state index < -0.39 is 12.4 Å². The van der Waals surface area contributed by atoms with E-state index in [1.807, 2.05) is 13.0 Å². The van der Waals surface area contributed by atoms with E-state index in [1.54, 1.807) is 20.2 Å². The Bertz CT molecular complexity index is 1180. The summed E-state index contributed by atoms with van der Waals surface area (Å²) in [6.07, 6.45) is 5.21. The Balaban J connectivity index is 1.34. The number of pyridine rings is 1. The monoisotopic (exact) mass is 527 g/mol. The molecule has 2 aromatic rings. The Morgan fingerprint density at radius 3 is 2.61 bits per heavy atom. The van der Waals surface area contributed by atoms with Gasteiger partial charge < -0.3 is 24.2 Å². The zero-order chi connectivity index (χ0) is 27.0. The number of hydrogen-bond donors (Lipinski definition) is 1. The van der Waals surface area contributed by atoms with Crippen molar-refractivity contribution < 1.29 is 28.9 Å². The van der Waals surface area contributed by atoms with Crippen molar-refractivity contribution in [2.75, 3.05) is 14.2 Å². The van der Waals surface area contributed by atoms with Crippen LogP contribution in [0.15, 0.2) is 12.1 Å². The number of nitrogens with zero attached hydrogens (tertiary/aromatic N) is 5. The summed E-state index contributed by atoms with van der Waals surface area (Å²) < 4.78 is 18.1. The van der Waals surface area contributed by atoms with E-state index in [-0.39, 0.29) is 35.6 Å². The number of aliphatic hydroxyl groups is 1. The molecule has 0 aromatic carbocycles. The Morgan fingerprint density at radius 1 is 1.16 bits per heavy atom. The van der Waals surface area contributed by atoms with E-state index in [9.17, 15) is 14.7 Å². The number of rotatable bonds is 9. The molecule has 0 spiro atoms. The summed E-state index contributed by atoms with van der Waals surface area (Å²) in [5.74, 6) is 1.14. The molecule has 0 bridgehead atoms. The SMILES string of the molecule is COC(=O)[C@H]1CCC[C@H](Oc2ccc(-c3nnn(C)c3C(O)OC(=O)N(C)[C@H](C)C3CC3)nc2C2CC2)C1. The van der Waals surface area contributed by atoms with Gasteiger partial charge in [0.25, 0.3) is 0 Å². The van der Waals surface area contributed by atoms with Crippen molar-refractivity contribution in [1.29, 1.82) is 0 Å². The lowest BCUT2D eigenvalue weighted by atomic mass is 9.87. The molecule has 0 aliphatic heterocycles. The lowest BCUT2D eigenvalue weighted by molar-refractivity contribution is -0.147. The van der Waals surface area contributed by atoms with Gasteiger partial charge in [-0.15, -0.1) is 5.10 Å². The van der Waals surface area contributed by atoms with Crippen molar-refractivity contribution in [2.45, 2.75) is 82.6 Å². The molecular formula is C27H37N5O6. The number of methoxy groups -OCH3 is 1. The average Bonchev–Trinajstić information content (AvgIpc) is 3.85. The standard InChI is InChI=1S/C27H37N5O6/c1-15(16-8-9-16)31(2)27(35)38-26(34)24-23(29-30-32(24)3)20-12-13-21(22(28-20)17-10-11-17)37-19-7-5-6-18(14-19)25(33)36-4/h12-13,15-19,26,34H,5-11,14H2,1-4H3/t15-,18+,19+,26?/m1/s1.